The van der Waals surface area contributed by atoms with E-state index < -0.39 is 0 Å². The Morgan fingerprint density at radius 2 is 1.93 bits per heavy atom. The molecule has 0 spiro atoms. The van der Waals surface area contributed by atoms with E-state index in [1.165, 1.54) is 0 Å². The second-order valence-corrected chi connectivity index (χ2v) is 6.17. The van der Waals surface area contributed by atoms with Gasteiger partial charge in [0.25, 0.3) is 0 Å². The molecule has 0 saturated carbocycles. The minimum absolute atomic E-state index is 0.422. The Hall–Kier alpha value is -2.93. The van der Waals surface area contributed by atoms with Gasteiger partial charge >= 0.3 is 0 Å². The normalized spacial score (nSPS) is 11.0. The van der Waals surface area contributed by atoms with E-state index in [0.29, 0.717) is 23.8 Å². The molecule has 27 heavy (non-hydrogen) atoms. The number of hydrogen-bond donors (Lipinski definition) is 1. The van der Waals surface area contributed by atoms with E-state index in [9.17, 15) is 0 Å². The second kappa shape index (κ2) is 9.14. The Balaban J connectivity index is 1.83. The number of hydrogen-bond acceptors (Lipinski definition) is 5. The van der Waals surface area contributed by atoms with Crippen LogP contribution in [0, 0.1) is 4.77 Å². The van der Waals surface area contributed by atoms with Crippen LogP contribution in [0.2, 0.25) is 0 Å². The van der Waals surface area contributed by atoms with Crippen LogP contribution in [0.4, 0.5) is 0 Å². The molecule has 1 N–H and O–H groups in total. The fourth-order valence-electron chi connectivity index (χ4n) is 2.47. The first-order chi connectivity index (χ1) is 13.2. The molecule has 3 aromatic rings. The van der Waals surface area contributed by atoms with Crippen molar-refractivity contribution in [3.63, 3.8) is 0 Å². The van der Waals surface area contributed by atoms with Gasteiger partial charge in [-0.25, -0.2) is 5.10 Å². The highest BCUT2D eigenvalue weighted by Crippen LogP contribution is 2.22. The van der Waals surface area contributed by atoms with Crippen molar-refractivity contribution in [1.82, 2.24) is 14.9 Å². The van der Waals surface area contributed by atoms with E-state index in [-0.39, 0.29) is 0 Å². The number of H-pyrrole nitrogens is 1. The predicted molar refractivity (Wildman–Crippen MR) is 109 cm³/mol. The van der Waals surface area contributed by atoms with Crippen LogP contribution in [0.25, 0.3) is 11.4 Å². The van der Waals surface area contributed by atoms with Crippen molar-refractivity contribution in [2.75, 3.05) is 13.2 Å². The van der Waals surface area contributed by atoms with Crippen molar-refractivity contribution in [1.29, 1.82) is 0 Å². The summed E-state index contributed by atoms with van der Waals surface area (Å²) in [6.45, 7) is 5.34. The van der Waals surface area contributed by atoms with Gasteiger partial charge in [0.05, 0.1) is 19.4 Å². The predicted octanol–water partition coefficient (Wildman–Crippen LogP) is 4.68. The van der Waals surface area contributed by atoms with Crippen molar-refractivity contribution in [2.45, 2.75) is 20.3 Å². The zero-order chi connectivity index (χ0) is 19.1. The summed E-state index contributed by atoms with van der Waals surface area (Å²) in [5, 5.41) is 11.6. The third-order valence-corrected chi connectivity index (χ3v) is 3.99. The Morgan fingerprint density at radius 3 is 2.67 bits per heavy atom. The fraction of sp³-hybridized carbons (Fsp3) is 0.250. The number of aromatic amines is 1. The topological polar surface area (TPSA) is 64.4 Å². The molecule has 0 amide bonds. The Morgan fingerprint density at radius 1 is 1.11 bits per heavy atom. The Kier molecular flexibility index (Phi) is 6.38. The fourth-order valence-corrected chi connectivity index (χ4v) is 2.65. The van der Waals surface area contributed by atoms with Gasteiger partial charge < -0.3 is 9.47 Å². The van der Waals surface area contributed by atoms with Crippen LogP contribution in [0.5, 0.6) is 11.5 Å². The van der Waals surface area contributed by atoms with Crippen molar-refractivity contribution < 1.29 is 9.47 Å². The third kappa shape index (κ3) is 4.83. The lowest BCUT2D eigenvalue weighted by Crippen LogP contribution is -1.97. The first-order valence-electron chi connectivity index (χ1n) is 8.89. The molecule has 140 valence electrons. The highest BCUT2D eigenvalue weighted by molar-refractivity contribution is 7.71. The second-order valence-electron chi connectivity index (χ2n) is 5.79. The maximum absolute atomic E-state index is 5.59. The van der Waals surface area contributed by atoms with Gasteiger partial charge in [0.15, 0.2) is 5.82 Å². The minimum atomic E-state index is 0.422. The number of rotatable bonds is 8. The summed E-state index contributed by atoms with van der Waals surface area (Å²) in [6.07, 6.45) is 2.72. The first kappa shape index (κ1) is 18.8. The molecule has 6 nitrogen and oxygen atoms in total. The van der Waals surface area contributed by atoms with E-state index in [2.05, 4.69) is 22.2 Å². The lowest BCUT2D eigenvalue weighted by molar-refractivity contribution is 0.317. The smallest absolute Gasteiger partial charge is 0.216 e. The molecule has 0 saturated heterocycles. The summed E-state index contributed by atoms with van der Waals surface area (Å²) in [5.74, 6) is 2.25. The van der Waals surface area contributed by atoms with Gasteiger partial charge in [-0.1, -0.05) is 19.1 Å². The molecule has 0 aliphatic carbocycles. The molecule has 0 aliphatic rings. The third-order valence-electron chi connectivity index (χ3n) is 3.73. The Labute approximate surface area is 163 Å². The molecular formula is C20H22N4O2S. The quantitative estimate of drug-likeness (QED) is 0.454. The van der Waals surface area contributed by atoms with Gasteiger partial charge in [0, 0.05) is 5.56 Å². The van der Waals surface area contributed by atoms with Crippen LogP contribution in [0.1, 0.15) is 25.8 Å². The van der Waals surface area contributed by atoms with Crippen molar-refractivity contribution in [3.05, 3.63) is 58.9 Å². The SMILES string of the molecule is CCCOc1ccc(/C=N\n2c(-c3cccc(OCC)c3)n[nH]c2=S)cc1. The highest BCUT2D eigenvalue weighted by Gasteiger charge is 2.09. The average Bonchev–Trinajstić information content (AvgIpc) is 3.06. The van der Waals surface area contributed by atoms with Crippen LogP contribution in [-0.4, -0.2) is 34.3 Å². The number of nitrogens with one attached hydrogen (secondary N) is 1. The van der Waals surface area contributed by atoms with Gasteiger partial charge in [-0.05, 0) is 67.5 Å². The van der Waals surface area contributed by atoms with Crippen LogP contribution < -0.4 is 9.47 Å². The first-order valence-corrected chi connectivity index (χ1v) is 9.30. The minimum Gasteiger partial charge on any atom is -0.494 e. The largest absolute Gasteiger partial charge is 0.494 e. The molecule has 2 aromatic carbocycles. The molecule has 0 radical (unpaired) electrons. The number of nitrogens with zero attached hydrogens (tertiary/aromatic N) is 3. The molecule has 0 unspecified atom stereocenters. The Bertz CT molecular complexity index is 961. The van der Waals surface area contributed by atoms with Crippen LogP contribution in [-0.2, 0) is 0 Å². The summed E-state index contributed by atoms with van der Waals surface area (Å²) in [7, 11) is 0. The lowest BCUT2D eigenvalue weighted by Gasteiger charge is -2.06. The van der Waals surface area contributed by atoms with E-state index in [1.54, 1.807) is 10.9 Å². The van der Waals surface area contributed by atoms with Crippen molar-refractivity contribution >= 4 is 18.4 Å². The van der Waals surface area contributed by atoms with Crippen molar-refractivity contribution in [2.24, 2.45) is 5.10 Å². The van der Waals surface area contributed by atoms with Crippen LogP contribution in [0.3, 0.4) is 0 Å². The highest BCUT2D eigenvalue weighted by atomic mass is 32.1. The molecule has 1 heterocycles. The standard InChI is InChI=1S/C20H22N4O2S/c1-3-12-26-17-10-8-15(9-11-17)14-21-24-19(22-23-20(24)27)16-6-5-7-18(13-16)25-4-2/h5-11,13-14H,3-4,12H2,1-2H3,(H,23,27)/b21-14-. The van der Waals surface area contributed by atoms with Crippen LogP contribution >= 0.6 is 12.2 Å². The molecule has 0 bridgehead atoms. The summed E-state index contributed by atoms with van der Waals surface area (Å²) in [4.78, 5) is 0. The molecule has 7 heteroatoms. The molecule has 0 fully saturated rings. The maximum atomic E-state index is 5.59. The number of benzene rings is 2. The van der Waals surface area contributed by atoms with E-state index in [0.717, 1.165) is 29.0 Å². The van der Waals surface area contributed by atoms with Gasteiger partial charge in [-0.15, -0.1) is 0 Å². The zero-order valence-electron chi connectivity index (χ0n) is 15.4. The van der Waals surface area contributed by atoms with E-state index in [4.69, 9.17) is 21.7 Å². The lowest BCUT2D eigenvalue weighted by atomic mass is 10.2. The molecule has 0 atom stereocenters. The van der Waals surface area contributed by atoms with Gasteiger partial charge in [-0.3, -0.25) is 0 Å². The van der Waals surface area contributed by atoms with Crippen LogP contribution in [0.15, 0.2) is 53.6 Å². The molecule has 3 rings (SSSR count). The zero-order valence-corrected chi connectivity index (χ0v) is 16.2. The monoisotopic (exact) mass is 382 g/mol. The molecule has 0 aliphatic heterocycles. The van der Waals surface area contributed by atoms with Gasteiger partial charge in [0.1, 0.15) is 11.5 Å². The summed E-state index contributed by atoms with van der Waals surface area (Å²) in [5.41, 5.74) is 1.81. The molecule has 1 aromatic heterocycles. The summed E-state index contributed by atoms with van der Waals surface area (Å²) >= 11 is 5.32. The van der Waals surface area contributed by atoms with Gasteiger partial charge in [-0.2, -0.15) is 14.9 Å². The van der Waals surface area contributed by atoms with E-state index >= 15 is 0 Å². The summed E-state index contributed by atoms with van der Waals surface area (Å²) < 4.78 is 13.2. The van der Waals surface area contributed by atoms with Gasteiger partial charge in [0.2, 0.25) is 4.77 Å². The number of aromatic nitrogens is 3. The summed E-state index contributed by atoms with van der Waals surface area (Å²) in [6, 6.07) is 15.4. The molecular weight excluding hydrogens is 360 g/mol. The maximum Gasteiger partial charge on any atom is 0.216 e. The van der Waals surface area contributed by atoms with E-state index in [1.807, 2.05) is 55.5 Å². The average molecular weight is 382 g/mol. The number of ether oxygens (including phenoxy) is 2. The van der Waals surface area contributed by atoms with Crippen molar-refractivity contribution in [3.8, 4) is 22.9 Å².